The summed E-state index contributed by atoms with van der Waals surface area (Å²) in [6, 6.07) is 3.46. The molecule has 0 unspecified atom stereocenters. The molecule has 2 heterocycles. The molecule has 2 aromatic heterocycles. The third-order valence-electron chi connectivity index (χ3n) is 1.71. The molecule has 0 aliphatic rings. The van der Waals surface area contributed by atoms with E-state index >= 15 is 0 Å². The number of imidazole rings is 1. The van der Waals surface area contributed by atoms with Crippen LogP contribution in [0.15, 0.2) is 12.1 Å². The molecule has 76 valence electrons. The second kappa shape index (κ2) is 4.28. The quantitative estimate of drug-likeness (QED) is 0.729. The third kappa shape index (κ3) is 1.80. The average Bonchev–Trinajstić information content (AvgIpc) is 2.48. The van der Waals surface area contributed by atoms with Crippen LogP contribution in [0.25, 0.3) is 5.65 Å². The molecule has 0 fully saturated rings. The van der Waals surface area contributed by atoms with Crippen LogP contribution < -0.4 is 5.73 Å². The van der Waals surface area contributed by atoms with Crippen molar-refractivity contribution in [3.63, 3.8) is 0 Å². The van der Waals surface area contributed by atoms with Crippen molar-refractivity contribution < 1.29 is 0 Å². The van der Waals surface area contributed by atoms with Crippen LogP contribution in [0, 0.1) is 6.92 Å². The SMILES string of the molecule is CC.Cc1c(N)nc2ccc(Cl)nn12. The van der Waals surface area contributed by atoms with E-state index in [1.807, 2.05) is 20.8 Å². The summed E-state index contributed by atoms with van der Waals surface area (Å²) < 4.78 is 1.62. The Morgan fingerprint density at radius 2 is 2.00 bits per heavy atom. The van der Waals surface area contributed by atoms with Crippen LogP contribution in [-0.2, 0) is 0 Å². The van der Waals surface area contributed by atoms with Crippen LogP contribution in [0.2, 0.25) is 5.15 Å². The van der Waals surface area contributed by atoms with Crippen molar-refractivity contribution in [2.45, 2.75) is 20.8 Å². The van der Waals surface area contributed by atoms with E-state index in [9.17, 15) is 0 Å². The van der Waals surface area contributed by atoms with Crippen LogP contribution in [-0.4, -0.2) is 14.6 Å². The van der Waals surface area contributed by atoms with Crippen molar-refractivity contribution in [1.82, 2.24) is 14.6 Å². The summed E-state index contributed by atoms with van der Waals surface area (Å²) in [6.45, 7) is 5.85. The average molecular weight is 213 g/mol. The Bertz CT molecular complexity index is 436. The Morgan fingerprint density at radius 3 is 2.64 bits per heavy atom. The second-order valence-electron chi connectivity index (χ2n) is 2.51. The lowest BCUT2D eigenvalue weighted by atomic mass is 10.5. The highest BCUT2D eigenvalue weighted by molar-refractivity contribution is 6.29. The fraction of sp³-hybridized carbons (Fsp3) is 0.333. The summed E-state index contributed by atoms with van der Waals surface area (Å²) in [5.41, 5.74) is 7.12. The lowest BCUT2D eigenvalue weighted by Crippen LogP contribution is -1.94. The number of nitrogens with zero attached hydrogens (tertiary/aromatic N) is 3. The molecule has 0 radical (unpaired) electrons. The number of nitrogens with two attached hydrogens (primary N) is 1. The number of hydrogen-bond acceptors (Lipinski definition) is 3. The molecule has 14 heavy (non-hydrogen) atoms. The van der Waals surface area contributed by atoms with Crippen molar-refractivity contribution in [2.75, 3.05) is 5.73 Å². The Morgan fingerprint density at radius 1 is 1.36 bits per heavy atom. The normalized spacial score (nSPS) is 9.71. The number of nitrogen functional groups attached to an aromatic ring is 1. The van der Waals surface area contributed by atoms with Crippen molar-refractivity contribution >= 4 is 23.1 Å². The van der Waals surface area contributed by atoms with Crippen LogP contribution >= 0.6 is 11.6 Å². The molecule has 0 saturated heterocycles. The van der Waals surface area contributed by atoms with Crippen molar-refractivity contribution in [2.24, 2.45) is 0 Å². The Labute approximate surface area is 87.7 Å². The van der Waals surface area contributed by atoms with Gasteiger partial charge in [0.2, 0.25) is 0 Å². The third-order valence-corrected chi connectivity index (χ3v) is 1.91. The maximum Gasteiger partial charge on any atom is 0.156 e. The molecule has 0 amide bonds. The lowest BCUT2D eigenvalue weighted by Gasteiger charge is -1.93. The van der Waals surface area contributed by atoms with Gasteiger partial charge < -0.3 is 5.73 Å². The van der Waals surface area contributed by atoms with Gasteiger partial charge in [0.1, 0.15) is 11.0 Å². The van der Waals surface area contributed by atoms with Gasteiger partial charge in [-0.15, -0.1) is 0 Å². The van der Waals surface area contributed by atoms with Gasteiger partial charge in [-0.25, -0.2) is 9.50 Å². The minimum Gasteiger partial charge on any atom is -0.382 e. The summed E-state index contributed by atoms with van der Waals surface area (Å²) in [5.74, 6) is 0.491. The summed E-state index contributed by atoms with van der Waals surface area (Å²) in [5, 5.41) is 4.47. The molecule has 2 aromatic rings. The van der Waals surface area contributed by atoms with E-state index in [-0.39, 0.29) is 0 Å². The van der Waals surface area contributed by atoms with E-state index in [1.165, 1.54) is 0 Å². The molecule has 5 heteroatoms. The Balaban J connectivity index is 0.000000461. The minimum absolute atomic E-state index is 0.433. The first-order chi connectivity index (χ1) is 6.68. The highest BCUT2D eigenvalue weighted by Gasteiger charge is 2.05. The topological polar surface area (TPSA) is 56.2 Å². The van der Waals surface area contributed by atoms with E-state index in [0.717, 1.165) is 11.3 Å². The van der Waals surface area contributed by atoms with E-state index < -0.39 is 0 Å². The van der Waals surface area contributed by atoms with Gasteiger partial charge in [0.25, 0.3) is 0 Å². The molecule has 0 atom stereocenters. The molecule has 4 nitrogen and oxygen atoms in total. The molecule has 0 spiro atoms. The molecular weight excluding hydrogens is 200 g/mol. The van der Waals surface area contributed by atoms with Crippen LogP contribution in [0.1, 0.15) is 19.5 Å². The fourth-order valence-corrected chi connectivity index (χ4v) is 1.18. The van der Waals surface area contributed by atoms with Gasteiger partial charge in [0.05, 0.1) is 5.69 Å². The highest BCUT2D eigenvalue weighted by Crippen LogP contribution is 2.13. The number of aromatic nitrogens is 3. The summed E-state index contributed by atoms with van der Waals surface area (Å²) in [6.07, 6.45) is 0. The standard InChI is InChI=1S/C7H7ClN4.C2H6/c1-4-7(9)10-6-3-2-5(8)11-12(4)6;1-2/h2-3H,9H2,1H3;1-2H3. The zero-order chi connectivity index (χ0) is 10.7. The first kappa shape index (κ1) is 10.8. The maximum atomic E-state index is 5.70. The highest BCUT2D eigenvalue weighted by atomic mass is 35.5. The predicted molar refractivity (Wildman–Crippen MR) is 58.5 cm³/mol. The number of anilines is 1. The number of rotatable bonds is 0. The van der Waals surface area contributed by atoms with Crippen molar-refractivity contribution in [3.05, 3.63) is 23.0 Å². The number of halogens is 1. The maximum absolute atomic E-state index is 5.70. The lowest BCUT2D eigenvalue weighted by molar-refractivity contribution is 0.901. The van der Waals surface area contributed by atoms with Crippen molar-refractivity contribution in [1.29, 1.82) is 0 Å². The number of fused-ring (bicyclic) bond motifs is 1. The zero-order valence-electron chi connectivity index (χ0n) is 8.45. The fourth-order valence-electron chi connectivity index (χ4n) is 1.04. The van der Waals surface area contributed by atoms with Crippen LogP contribution in [0.4, 0.5) is 5.82 Å². The summed E-state index contributed by atoms with van der Waals surface area (Å²) >= 11 is 5.70. The monoisotopic (exact) mass is 212 g/mol. The molecule has 0 aliphatic heterocycles. The van der Waals surface area contributed by atoms with E-state index in [0.29, 0.717) is 11.0 Å². The first-order valence-corrected chi connectivity index (χ1v) is 4.83. The molecular formula is C9H13ClN4. The van der Waals surface area contributed by atoms with Crippen LogP contribution in [0.3, 0.4) is 0 Å². The zero-order valence-corrected chi connectivity index (χ0v) is 9.21. The van der Waals surface area contributed by atoms with Gasteiger partial charge in [-0.1, -0.05) is 25.4 Å². The largest absolute Gasteiger partial charge is 0.382 e. The molecule has 2 rings (SSSR count). The van der Waals surface area contributed by atoms with Crippen LogP contribution in [0.5, 0.6) is 0 Å². The molecule has 0 bridgehead atoms. The van der Waals surface area contributed by atoms with Gasteiger partial charge in [0.15, 0.2) is 5.65 Å². The predicted octanol–water partition coefficient (Wildman–Crippen LogP) is 2.30. The minimum atomic E-state index is 0.433. The molecule has 0 aromatic carbocycles. The summed E-state index contributed by atoms with van der Waals surface area (Å²) in [4.78, 5) is 4.07. The van der Waals surface area contributed by atoms with Crippen molar-refractivity contribution in [3.8, 4) is 0 Å². The Hall–Kier alpha value is -1.29. The van der Waals surface area contributed by atoms with E-state index in [4.69, 9.17) is 17.3 Å². The second-order valence-corrected chi connectivity index (χ2v) is 2.90. The smallest absolute Gasteiger partial charge is 0.156 e. The van der Waals surface area contributed by atoms with Gasteiger partial charge in [-0.05, 0) is 19.1 Å². The van der Waals surface area contributed by atoms with E-state index in [1.54, 1.807) is 16.6 Å². The van der Waals surface area contributed by atoms with E-state index in [2.05, 4.69) is 10.1 Å². The van der Waals surface area contributed by atoms with Gasteiger partial charge in [0, 0.05) is 0 Å². The van der Waals surface area contributed by atoms with Gasteiger partial charge >= 0.3 is 0 Å². The first-order valence-electron chi connectivity index (χ1n) is 4.46. The van der Waals surface area contributed by atoms with Gasteiger partial charge in [-0.2, -0.15) is 5.10 Å². The molecule has 2 N–H and O–H groups in total. The number of aryl methyl sites for hydroxylation is 1. The number of hydrogen-bond donors (Lipinski definition) is 1. The summed E-state index contributed by atoms with van der Waals surface area (Å²) in [7, 11) is 0. The molecule has 0 aliphatic carbocycles. The Kier molecular flexibility index (Phi) is 3.30. The van der Waals surface area contributed by atoms with Gasteiger partial charge in [-0.3, -0.25) is 0 Å². The molecule has 0 saturated carbocycles.